The average molecular weight is 727 g/mol. The molecule has 0 saturated carbocycles. The molecule has 52 heavy (non-hydrogen) atoms. The van der Waals surface area contributed by atoms with Crippen molar-refractivity contribution in [1.82, 2.24) is 0 Å². The SMILES string of the molecule is CC/C=C\C/C=C\C/C=C\C/C=C\CCCCCCCCCCC(=O)OC(CCCCCCCCCCCCCCC)CCCCCCCC(=O)O. The smallest absolute Gasteiger partial charge is 0.306 e. The Kier molecular flexibility index (Phi) is 41.6. The third kappa shape index (κ3) is 42.3. The minimum absolute atomic E-state index is 0.00278. The predicted octanol–water partition coefficient (Wildman–Crippen LogP) is 15.9. The highest BCUT2D eigenvalue weighted by Gasteiger charge is 2.14. The monoisotopic (exact) mass is 727 g/mol. The Labute approximate surface area is 323 Å². The van der Waals surface area contributed by atoms with E-state index < -0.39 is 5.97 Å². The van der Waals surface area contributed by atoms with Gasteiger partial charge in [0.25, 0.3) is 0 Å². The van der Waals surface area contributed by atoms with Crippen LogP contribution >= 0.6 is 0 Å². The van der Waals surface area contributed by atoms with Crippen LogP contribution in [0.1, 0.15) is 239 Å². The molecule has 1 atom stereocenters. The van der Waals surface area contributed by atoms with E-state index in [9.17, 15) is 9.59 Å². The third-order valence-corrected chi connectivity index (χ3v) is 10.1. The van der Waals surface area contributed by atoms with E-state index in [2.05, 4.69) is 62.5 Å². The quantitative estimate of drug-likeness (QED) is 0.0387. The molecule has 0 fully saturated rings. The molecular formula is C48H86O4. The zero-order chi connectivity index (χ0) is 37.8. The number of esters is 1. The van der Waals surface area contributed by atoms with E-state index in [1.165, 1.54) is 122 Å². The second kappa shape index (κ2) is 43.3. The first-order valence-electron chi connectivity index (χ1n) is 22.6. The normalized spacial score (nSPS) is 12.7. The second-order valence-electron chi connectivity index (χ2n) is 15.2. The van der Waals surface area contributed by atoms with Crippen molar-refractivity contribution in [3.63, 3.8) is 0 Å². The molecule has 0 aliphatic carbocycles. The Balaban J connectivity index is 3.98. The van der Waals surface area contributed by atoms with Crippen LogP contribution in [0.2, 0.25) is 0 Å². The Morgan fingerprint density at radius 3 is 1.25 bits per heavy atom. The minimum Gasteiger partial charge on any atom is -0.481 e. The molecule has 4 nitrogen and oxygen atoms in total. The number of ether oxygens (including phenoxy) is 1. The highest BCUT2D eigenvalue weighted by Crippen LogP contribution is 2.19. The van der Waals surface area contributed by atoms with Gasteiger partial charge in [0.05, 0.1) is 0 Å². The van der Waals surface area contributed by atoms with Gasteiger partial charge in [-0.2, -0.15) is 0 Å². The number of hydrogen-bond acceptors (Lipinski definition) is 3. The highest BCUT2D eigenvalue weighted by atomic mass is 16.5. The molecular weight excluding hydrogens is 641 g/mol. The van der Waals surface area contributed by atoms with Crippen LogP contribution in [0.15, 0.2) is 48.6 Å². The fourth-order valence-corrected chi connectivity index (χ4v) is 6.77. The van der Waals surface area contributed by atoms with Gasteiger partial charge in [-0.05, 0) is 77.0 Å². The van der Waals surface area contributed by atoms with Crippen molar-refractivity contribution in [2.45, 2.75) is 245 Å². The van der Waals surface area contributed by atoms with E-state index in [1.54, 1.807) is 0 Å². The Hall–Kier alpha value is -2.10. The first kappa shape index (κ1) is 49.9. The summed E-state index contributed by atoms with van der Waals surface area (Å²) in [4.78, 5) is 23.5. The molecule has 0 amide bonds. The molecule has 0 aliphatic heterocycles. The van der Waals surface area contributed by atoms with Gasteiger partial charge in [0.15, 0.2) is 0 Å². The zero-order valence-corrected chi connectivity index (χ0v) is 34.6. The molecule has 0 spiro atoms. The molecule has 0 aromatic rings. The summed E-state index contributed by atoms with van der Waals surface area (Å²) in [6.45, 7) is 4.45. The maximum atomic E-state index is 12.7. The maximum absolute atomic E-state index is 12.7. The van der Waals surface area contributed by atoms with Crippen LogP contribution in [-0.4, -0.2) is 23.1 Å². The van der Waals surface area contributed by atoms with E-state index in [4.69, 9.17) is 9.84 Å². The Morgan fingerprint density at radius 2 is 0.808 bits per heavy atom. The number of allylic oxidation sites excluding steroid dienone is 8. The summed E-state index contributed by atoms with van der Waals surface area (Å²) >= 11 is 0. The maximum Gasteiger partial charge on any atom is 0.306 e. The predicted molar refractivity (Wildman–Crippen MR) is 227 cm³/mol. The summed E-state index contributed by atoms with van der Waals surface area (Å²) in [5, 5.41) is 8.85. The first-order chi connectivity index (χ1) is 25.6. The van der Waals surface area contributed by atoms with Gasteiger partial charge in [-0.1, -0.05) is 197 Å². The van der Waals surface area contributed by atoms with Crippen molar-refractivity contribution in [2.75, 3.05) is 0 Å². The van der Waals surface area contributed by atoms with E-state index in [0.29, 0.717) is 6.42 Å². The van der Waals surface area contributed by atoms with Gasteiger partial charge in [0, 0.05) is 12.8 Å². The van der Waals surface area contributed by atoms with Crippen molar-refractivity contribution < 1.29 is 19.4 Å². The van der Waals surface area contributed by atoms with Gasteiger partial charge >= 0.3 is 11.9 Å². The summed E-state index contributed by atoms with van der Waals surface area (Å²) in [5.41, 5.74) is 0. The number of carbonyl (C=O) groups is 2. The van der Waals surface area contributed by atoms with Crippen molar-refractivity contribution in [2.24, 2.45) is 0 Å². The van der Waals surface area contributed by atoms with Crippen molar-refractivity contribution in [3.05, 3.63) is 48.6 Å². The summed E-state index contributed by atoms with van der Waals surface area (Å²) < 4.78 is 6.03. The zero-order valence-electron chi connectivity index (χ0n) is 34.6. The molecule has 0 bridgehead atoms. The fraction of sp³-hybridized carbons (Fsp3) is 0.792. The van der Waals surface area contributed by atoms with Gasteiger partial charge in [-0.15, -0.1) is 0 Å². The van der Waals surface area contributed by atoms with Gasteiger partial charge in [0.1, 0.15) is 6.10 Å². The van der Waals surface area contributed by atoms with E-state index >= 15 is 0 Å². The number of carboxylic acid groups (broad SMARTS) is 1. The van der Waals surface area contributed by atoms with E-state index in [-0.39, 0.29) is 18.5 Å². The largest absolute Gasteiger partial charge is 0.481 e. The van der Waals surface area contributed by atoms with Gasteiger partial charge < -0.3 is 9.84 Å². The molecule has 0 aliphatic rings. The molecule has 0 aromatic carbocycles. The highest BCUT2D eigenvalue weighted by molar-refractivity contribution is 5.69. The lowest BCUT2D eigenvalue weighted by Gasteiger charge is -2.18. The van der Waals surface area contributed by atoms with Crippen LogP contribution in [0.25, 0.3) is 0 Å². The lowest BCUT2D eigenvalue weighted by atomic mass is 10.0. The Bertz CT molecular complexity index is 870. The molecule has 302 valence electrons. The number of carboxylic acids is 1. The number of hydrogen-bond donors (Lipinski definition) is 1. The lowest BCUT2D eigenvalue weighted by Crippen LogP contribution is -2.18. The van der Waals surface area contributed by atoms with E-state index in [0.717, 1.165) is 89.9 Å². The number of rotatable bonds is 41. The van der Waals surface area contributed by atoms with Crippen LogP contribution in [0.3, 0.4) is 0 Å². The lowest BCUT2D eigenvalue weighted by molar-refractivity contribution is -0.150. The molecule has 0 aromatic heterocycles. The molecule has 0 rings (SSSR count). The molecule has 0 radical (unpaired) electrons. The first-order valence-corrected chi connectivity index (χ1v) is 22.6. The van der Waals surface area contributed by atoms with Crippen molar-refractivity contribution in [3.8, 4) is 0 Å². The number of aliphatic carboxylic acids is 1. The van der Waals surface area contributed by atoms with Gasteiger partial charge in [-0.25, -0.2) is 0 Å². The van der Waals surface area contributed by atoms with Gasteiger partial charge in [0.2, 0.25) is 0 Å². The second-order valence-corrected chi connectivity index (χ2v) is 15.2. The molecule has 0 heterocycles. The van der Waals surface area contributed by atoms with Crippen molar-refractivity contribution in [1.29, 1.82) is 0 Å². The molecule has 4 heteroatoms. The summed E-state index contributed by atoms with van der Waals surface area (Å²) in [6, 6.07) is 0. The van der Waals surface area contributed by atoms with Gasteiger partial charge in [-0.3, -0.25) is 9.59 Å². The van der Waals surface area contributed by atoms with Crippen molar-refractivity contribution >= 4 is 11.9 Å². The molecule has 0 saturated heterocycles. The van der Waals surface area contributed by atoms with Crippen LogP contribution in [0.5, 0.6) is 0 Å². The van der Waals surface area contributed by atoms with Crippen LogP contribution < -0.4 is 0 Å². The molecule has 1 N–H and O–H groups in total. The van der Waals surface area contributed by atoms with Crippen LogP contribution in [-0.2, 0) is 14.3 Å². The topological polar surface area (TPSA) is 63.6 Å². The van der Waals surface area contributed by atoms with E-state index in [1.807, 2.05) is 0 Å². The van der Waals surface area contributed by atoms with Crippen LogP contribution in [0.4, 0.5) is 0 Å². The third-order valence-electron chi connectivity index (χ3n) is 10.1. The minimum atomic E-state index is -0.700. The fourth-order valence-electron chi connectivity index (χ4n) is 6.77. The summed E-state index contributed by atoms with van der Waals surface area (Å²) in [5.74, 6) is -0.703. The summed E-state index contributed by atoms with van der Waals surface area (Å²) in [7, 11) is 0. The molecule has 1 unspecified atom stereocenters. The van der Waals surface area contributed by atoms with Crippen LogP contribution in [0, 0.1) is 0 Å². The number of carbonyl (C=O) groups excluding carboxylic acids is 1. The number of unbranched alkanes of at least 4 members (excludes halogenated alkanes) is 24. The Morgan fingerprint density at radius 1 is 0.442 bits per heavy atom. The average Bonchev–Trinajstić information content (AvgIpc) is 3.13. The summed E-state index contributed by atoms with van der Waals surface area (Å²) in [6.07, 6.45) is 58.6. The standard InChI is InChI=1S/C48H86O4/c1-3-5-7-9-11-13-15-17-18-19-20-21-22-23-24-26-28-30-32-37-41-45-48(51)52-46(43-39-35-33-36-40-44-47(49)50)42-38-34-31-29-27-25-16-14-12-10-8-6-4-2/h5,7,11,13,17-18,20-21,46H,3-4,6,8-10,12,14-16,19,22-45H2,1-2H3,(H,49,50)/b7-5-,13-11-,18-17-,21-20-.